The number of fused-ring (bicyclic) bond motifs is 1. The van der Waals surface area contributed by atoms with Crippen LogP contribution in [0.1, 0.15) is 27.4 Å². The van der Waals surface area contributed by atoms with E-state index in [1.54, 1.807) is 29.7 Å². The Hall–Kier alpha value is -2.67. The lowest BCUT2D eigenvalue weighted by atomic mass is 10.2. The third-order valence-electron chi connectivity index (χ3n) is 3.27. The summed E-state index contributed by atoms with van der Waals surface area (Å²) in [5, 5.41) is 15.1. The first kappa shape index (κ1) is 14.3. The zero-order valence-corrected chi connectivity index (χ0v) is 12.9. The second-order valence-corrected chi connectivity index (χ2v) is 5.67. The van der Waals surface area contributed by atoms with E-state index in [0.717, 1.165) is 27.7 Å². The van der Waals surface area contributed by atoms with Crippen molar-refractivity contribution in [2.24, 2.45) is 5.10 Å². The molecule has 0 aliphatic rings. The minimum Gasteiger partial charge on any atom is -0.478 e. The van der Waals surface area contributed by atoms with Crippen LogP contribution in [0.5, 0.6) is 0 Å². The first-order valence-electron chi connectivity index (χ1n) is 6.62. The van der Waals surface area contributed by atoms with E-state index in [2.05, 4.69) is 25.3 Å². The Morgan fingerprint density at radius 3 is 2.77 bits per heavy atom. The Balaban J connectivity index is 1.80. The van der Waals surface area contributed by atoms with E-state index in [1.807, 2.05) is 13.8 Å². The van der Waals surface area contributed by atoms with Crippen molar-refractivity contribution in [2.45, 2.75) is 13.8 Å². The standard InChI is InChI=1S/C15H14N4O2S/c1-9-8-22-15-17-10(2)13(19(9)15)7-16-18-12-5-3-11(4-6-12)14(20)21/h3-8,18H,1-2H3,(H,20,21)/b16-7+. The number of aromatic nitrogens is 2. The molecule has 3 rings (SSSR count). The molecule has 6 nitrogen and oxygen atoms in total. The monoisotopic (exact) mass is 314 g/mol. The number of nitrogens with one attached hydrogen (secondary N) is 1. The summed E-state index contributed by atoms with van der Waals surface area (Å²) in [6.45, 7) is 3.97. The number of aryl methyl sites for hydroxylation is 2. The summed E-state index contributed by atoms with van der Waals surface area (Å²) in [4.78, 5) is 16.2. The average Bonchev–Trinajstić information content (AvgIpc) is 3.00. The molecule has 0 radical (unpaired) electrons. The Morgan fingerprint density at radius 2 is 2.09 bits per heavy atom. The molecule has 112 valence electrons. The van der Waals surface area contributed by atoms with E-state index >= 15 is 0 Å². The third kappa shape index (κ3) is 2.58. The number of carbonyl (C=O) groups is 1. The van der Waals surface area contributed by atoms with Gasteiger partial charge in [0.1, 0.15) is 0 Å². The summed E-state index contributed by atoms with van der Waals surface area (Å²) in [7, 11) is 0. The third-order valence-corrected chi connectivity index (χ3v) is 4.21. The second-order valence-electron chi connectivity index (χ2n) is 4.83. The van der Waals surface area contributed by atoms with E-state index in [1.165, 1.54) is 12.1 Å². The number of hydrazone groups is 1. The van der Waals surface area contributed by atoms with Crippen molar-refractivity contribution < 1.29 is 9.90 Å². The van der Waals surface area contributed by atoms with Gasteiger partial charge < -0.3 is 5.11 Å². The van der Waals surface area contributed by atoms with Crippen molar-refractivity contribution in [3.8, 4) is 0 Å². The Kier molecular flexibility index (Phi) is 3.64. The van der Waals surface area contributed by atoms with E-state index in [9.17, 15) is 4.79 Å². The van der Waals surface area contributed by atoms with Gasteiger partial charge in [0.05, 0.1) is 28.9 Å². The number of carboxylic acids is 1. The number of benzene rings is 1. The molecular formula is C15H14N4O2S. The molecule has 2 heterocycles. The molecule has 2 aromatic heterocycles. The van der Waals surface area contributed by atoms with Crippen molar-refractivity contribution in [1.29, 1.82) is 0 Å². The largest absolute Gasteiger partial charge is 0.478 e. The maximum atomic E-state index is 10.8. The number of anilines is 1. The number of hydrogen-bond acceptors (Lipinski definition) is 5. The highest BCUT2D eigenvalue weighted by molar-refractivity contribution is 7.15. The van der Waals surface area contributed by atoms with Crippen molar-refractivity contribution in [2.75, 3.05) is 5.43 Å². The minimum absolute atomic E-state index is 0.247. The molecule has 2 N–H and O–H groups in total. The summed E-state index contributed by atoms with van der Waals surface area (Å²) < 4.78 is 2.05. The Morgan fingerprint density at radius 1 is 1.36 bits per heavy atom. The van der Waals surface area contributed by atoms with Gasteiger partial charge in [-0.25, -0.2) is 9.78 Å². The van der Waals surface area contributed by atoms with Gasteiger partial charge in [-0.1, -0.05) is 0 Å². The highest BCUT2D eigenvalue weighted by atomic mass is 32.1. The molecule has 3 aromatic rings. The molecule has 0 unspecified atom stereocenters. The van der Waals surface area contributed by atoms with Crippen LogP contribution in [-0.4, -0.2) is 26.7 Å². The van der Waals surface area contributed by atoms with Gasteiger partial charge in [0.15, 0.2) is 4.96 Å². The predicted octanol–water partition coefficient (Wildman–Crippen LogP) is 3.16. The van der Waals surface area contributed by atoms with Crippen LogP contribution in [0.15, 0.2) is 34.7 Å². The molecule has 0 bridgehead atoms. The average molecular weight is 314 g/mol. The van der Waals surface area contributed by atoms with Crippen LogP contribution in [0.2, 0.25) is 0 Å². The minimum atomic E-state index is -0.944. The lowest BCUT2D eigenvalue weighted by Gasteiger charge is -2.01. The lowest BCUT2D eigenvalue weighted by molar-refractivity contribution is 0.0697. The molecule has 0 aliphatic heterocycles. The first-order valence-corrected chi connectivity index (χ1v) is 7.50. The van der Waals surface area contributed by atoms with E-state index in [4.69, 9.17) is 5.11 Å². The summed E-state index contributed by atoms with van der Waals surface area (Å²) in [6, 6.07) is 6.42. The van der Waals surface area contributed by atoms with Crippen LogP contribution in [-0.2, 0) is 0 Å². The number of thiazole rings is 1. The van der Waals surface area contributed by atoms with Gasteiger partial charge in [-0.2, -0.15) is 5.10 Å². The molecule has 0 aliphatic carbocycles. The summed E-state index contributed by atoms with van der Waals surface area (Å²) in [5.74, 6) is -0.944. The van der Waals surface area contributed by atoms with Crippen molar-refractivity contribution in [3.05, 3.63) is 52.3 Å². The fourth-order valence-electron chi connectivity index (χ4n) is 2.13. The van der Waals surface area contributed by atoms with Gasteiger partial charge in [-0.05, 0) is 38.1 Å². The van der Waals surface area contributed by atoms with Crippen LogP contribution in [0.4, 0.5) is 5.69 Å². The molecular weight excluding hydrogens is 300 g/mol. The van der Waals surface area contributed by atoms with Crippen molar-refractivity contribution in [3.63, 3.8) is 0 Å². The van der Waals surface area contributed by atoms with Crippen LogP contribution in [0.3, 0.4) is 0 Å². The molecule has 0 amide bonds. The maximum Gasteiger partial charge on any atom is 0.335 e. The topological polar surface area (TPSA) is 79.0 Å². The van der Waals surface area contributed by atoms with Gasteiger partial charge in [0, 0.05) is 11.1 Å². The van der Waals surface area contributed by atoms with Crippen molar-refractivity contribution in [1.82, 2.24) is 9.38 Å². The van der Waals surface area contributed by atoms with E-state index < -0.39 is 5.97 Å². The number of rotatable bonds is 4. The van der Waals surface area contributed by atoms with Gasteiger partial charge in [0.2, 0.25) is 0 Å². The van der Waals surface area contributed by atoms with Gasteiger partial charge >= 0.3 is 5.97 Å². The van der Waals surface area contributed by atoms with Crippen LogP contribution < -0.4 is 5.43 Å². The highest BCUT2D eigenvalue weighted by Gasteiger charge is 2.10. The number of carboxylic acid groups (broad SMARTS) is 1. The zero-order valence-electron chi connectivity index (χ0n) is 12.1. The van der Waals surface area contributed by atoms with E-state index in [-0.39, 0.29) is 5.56 Å². The molecule has 0 saturated heterocycles. The Bertz CT molecular complexity index is 862. The normalized spacial score (nSPS) is 11.4. The maximum absolute atomic E-state index is 10.8. The molecule has 0 fully saturated rings. The number of imidazole rings is 1. The van der Waals surface area contributed by atoms with Crippen LogP contribution in [0, 0.1) is 13.8 Å². The van der Waals surface area contributed by atoms with Crippen LogP contribution >= 0.6 is 11.3 Å². The molecule has 0 saturated carbocycles. The van der Waals surface area contributed by atoms with Gasteiger partial charge in [0.25, 0.3) is 0 Å². The summed E-state index contributed by atoms with van der Waals surface area (Å²) >= 11 is 1.60. The van der Waals surface area contributed by atoms with Gasteiger partial charge in [-0.15, -0.1) is 11.3 Å². The first-order chi connectivity index (χ1) is 10.6. The summed E-state index contributed by atoms with van der Waals surface area (Å²) in [6.07, 6.45) is 1.72. The van der Waals surface area contributed by atoms with Crippen molar-refractivity contribution >= 4 is 34.2 Å². The zero-order chi connectivity index (χ0) is 15.7. The fraction of sp³-hybridized carbons (Fsp3) is 0.133. The predicted molar refractivity (Wildman–Crippen MR) is 87.2 cm³/mol. The lowest BCUT2D eigenvalue weighted by Crippen LogP contribution is -1.98. The summed E-state index contributed by atoms with van der Waals surface area (Å²) in [5.41, 5.74) is 6.83. The van der Waals surface area contributed by atoms with Gasteiger partial charge in [-0.3, -0.25) is 9.83 Å². The number of hydrogen-bond donors (Lipinski definition) is 2. The SMILES string of the molecule is Cc1nc2scc(C)n2c1/C=N/Nc1ccc(C(=O)O)cc1. The Labute approximate surface area is 130 Å². The quantitative estimate of drug-likeness (QED) is 0.573. The second kappa shape index (κ2) is 5.61. The van der Waals surface area contributed by atoms with Crippen LogP contribution in [0.25, 0.3) is 4.96 Å². The molecule has 22 heavy (non-hydrogen) atoms. The number of nitrogens with zero attached hydrogens (tertiary/aromatic N) is 3. The fourth-order valence-corrected chi connectivity index (χ4v) is 3.05. The smallest absolute Gasteiger partial charge is 0.335 e. The molecule has 0 atom stereocenters. The number of aromatic carboxylic acids is 1. The van der Waals surface area contributed by atoms with E-state index in [0.29, 0.717) is 0 Å². The molecule has 7 heteroatoms. The molecule has 0 spiro atoms. The highest BCUT2D eigenvalue weighted by Crippen LogP contribution is 2.19. The molecule has 1 aromatic carbocycles.